The zero-order chi connectivity index (χ0) is 9.97. The lowest BCUT2D eigenvalue weighted by Gasteiger charge is -2.00. The molecule has 0 fully saturated rings. The molecule has 0 amide bonds. The van der Waals surface area contributed by atoms with E-state index in [1.54, 1.807) is 6.20 Å². The van der Waals surface area contributed by atoms with Crippen molar-refractivity contribution in [2.75, 3.05) is 11.9 Å². The molecule has 0 saturated carbocycles. The van der Waals surface area contributed by atoms with Crippen LogP contribution in [0.1, 0.15) is 13.3 Å². The van der Waals surface area contributed by atoms with Gasteiger partial charge in [-0.15, -0.1) is 0 Å². The van der Waals surface area contributed by atoms with Gasteiger partial charge in [0, 0.05) is 12.7 Å². The van der Waals surface area contributed by atoms with Crippen molar-refractivity contribution >= 4 is 32.9 Å². The van der Waals surface area contributed by atoms with Crippen LogP contribution in [0.15, 0.2) is 10.8 Å². The zero-order valence-corrected chi connectivity index (χ0v) is 9.30. The molecule has 2 heterocycles. The fraction of sp³-hybridized carbons (Fsp3) is 0.375. The van der Waals surface area contributed by atoms with E-state index >= 15 is 0 Å². The van der Waals surface area contributed by atoms with Crippen LogP contribution in [0.3, 0.4) is 0 Å². The molecule has 2 rings (SSSR count). The number of hydrogen-bond donors (Lipinski definition) is 2. The van der Waals surface area contributed by atoms with Crippen molar-refractivity contribution in [3.8, 4) is 0 Å². The summed E-state index contributed by atoms with van der Waals surface area (Å²) in [4.78, 5) is 8.43. The van der Waals surface area contributed by atoms with Gasteiger partial charge in [0.15, 0.2) is 5.65 Å². The molecule has 0 atom stereocenters. The van der Waals surface area contributed by atoms with Crippen LogP contribution in [0, 0.1) is 0 Å². The smallest absolute Gasteiger partial charge is 0.224 e. The Labute approximate surface area is 89.5 Å². The minimum absolute atomic E-state index is 0.635. The molecule has 74 valence electrons. The minimum atomic E-state index is 0.635. The van der Waals surface area contributed by atoms with Gasteiger partial charge in [-0.2, -0.15) is 10.1 Å². The summed E-state index contributed by atoms with van der Waals surface area (Å²) < 4.78 is 0.745. The summed E-state index contributed by atoms with van der Waals surface area (Å²) in [7, 11) is 0. The van der Waals surface area contributed by atoms with E-state index in [0.29, 0.717) is 5.95 Å². The molecular formula is C8H10BrN5. The Bertz CT molecular complexity index is 438. The van der Waals surface area contributed by atoms with Gasteiger partial charge < -0.3 is 5.32 Å². The van der Waals surface area contributed by atoms with Gasteiger partial charge in [0.05, 0.1) is 5.39 Å². The molecule has 0 unspecified atom stereocenters. The average molecular weight is 256 g/mol. The van der Waals surface area contributed by atoms with Gasteiger partial charge in [0.1, 0.15) is 4.60 Å². The maximum absolute atomic E-state index is 4.26. The first-order chi connectivity index (χ1) is 6.81. The van der Waals surface area contributed by atoms with Crippen LogP contribution < -0.4 is 5.32 Å². The SMILES string of the molecule is CCCNc1ncc2c(Br)n[nH]c2n1. The molecule has 2 aromatic rings. The number of nitrogens with zero attached hydrogens (tertiary/aromatic N) is 3. The number of aromatic nitrogens is 4. The lowest BCUT2D eigenvalue weighted by molar-refractivity contribution is 0.955. The first-order valence-electron chi connectivity index (χ1n) is 4.41. The molecule has 0 aromatic carbocycles. The topological polar surface area (TPSA) is 66.5 Å². The van der Waals surface area contributed by atoms with Gasteiger partial charge in [-0.3, -0.25) is 5.10 Å². The first kappa shape index (κ1) is 9.39. The van der Waals surface area contributed by atoms with Crippen molar-refractivity contribution < 1.29 is 0 Å². The Balaban J connectivity index is 2.32. The number of aromatic amines is 1. The van der Waals surface area contributed by atoms with Crippen molar-refractivity contribution in [3.05, 3.63) is 10.8 Å². The maximum Gasteiger partial charge on any atom is 0.224 e. The fourth-order valence-corrected chi connectivity index (χ4v) is 1.48. The summed E-state index contributed by atoms with van der Waals surface area (Å²) in [5.41, 5.74) is 0.741. The molecule has 2 N–H and O–H groups in total. The van der Waals surface area contributed by atoms with Crippen LogP contribution in [0.4, 0.5) is 5.95 Å². The lowest BCUT2D eigenvalue weighted by Crippen LogP contribution is -2.03. The van der Waals surface area contributed by atoms with Gasteiger partial charge in [-0.25, -0.2) is 4.98 Å². The lowest BCUT2D eigenvalue weighted by atomic mass is 10.4. The number of H-pyrrole nitrogens is 1. The van der Waals surface area contributed by atoms with Crippen LogP contribution >= 0.6 is 15.9 Å². The highest BCUT2D eigenvalue weighted by Gasteiger charge is 2.04. The molecular weight excluding hydrogens is 246 g/mol. The molecule has 0 aliphatic heterocycles. The van der Waals surface area contributed by atoms with Gasteiger partial charge in [0.25, 0.3) is 0 Å². The number of anilines is 1. The summed E-state index contributed by atoms with van der Waals surface area (Å²) in [5.74, 6) is 0.635. The number of hydrogen-bond acceptors (Lipinski definition) is 4. The van der Waals surface area contributed by atoms with E-state index in [-0.39, 0.29) is 0 Å². The first-order valence-corrected chi connectivity index (χ1v) is 5.21. The van der Waals surface area contributed by atoms with Gasteiger partial charge in [-0.05, 0) is 22.4 Å². The van der Waals surface area contributed by atoms with E-state index in [1.165, 1.54) is 0 Å². The minimum Gasteiger partial charge on any atom is -0.354 e. The standard InChI is InChI=1S/C8H10BrN5/c1-2-3-10-8-11-4-5-6(9)13-14-7(5)12-8/h4H,2-3H2,1H3,(H2,10,11,12,13,14). The highest BCUT2D eigenvalue weighted by atomic mass is 79.9. The van der Waals surface area contributed by atoms with Crippen LogP contribution in [0.25, 0.3) is 11.0 Å². The fourth-order valence-electron chi connectivity index (χ4n) is 1.10. The van der Waals surface area contributed by atoms with Crippen LogP contribution in [0.2, 0.25) is 0 Å². The number of halogens is 1. The summed E-state index contributed by atoms with van der Waals surface area (Å²) in [5, 5.41) is 10.8. The number of rotatable bonds is 3. The monoisotopic (exact) mass is 255 g/mol. The molecule has 0 radical (unpaired) electrons. The average Bonchev–Trinajstić information content (AvgIpc) is 2.57. The number of nitrogens with one attached hydrogen (secondary N) is 2. The van der Waals surface area contributed by atoms with Crippen molar-refractivity contribution in [1.82, 2.24) is 20.2 Å². The van der Waals surface area contributed by atoms with E-state index in [2.05, 4.69) is 48.3 Å². The van der Waals surface area contributed by atoms with Gasteiger partial charge in [0.2, 0.25) is 5.95 Å². The highest BCUT2D eigenvalue weighted by molar-refractivity contribution is 9.10. The van der Waals surface area contributed by atoms with E-state index in [1.807, 2.05) is 0 Å². The Hall–Kier alpha value is -1.17. The summed E-state index contributed by atoms with van der Waals surface area (Å²) in [6.45, 7) is 2.97. The van der Waals surface area contributed by atoms with Crippen molar-refractivity contribution in [1.29, 1.82) is 0 Å². The normalized spacial score (nSPS) is 10.7. The molecule has 6 heteroatoms. The second kappa shape index (κ2) is 3.91. The molecule has 0 saturated heterocycles. The number of fused-ring (bicyclic) bond motifs is 1. The predicted octanol–water partition coefficient (Wildman–Crippen LogP) is 1.94. The Morgan fingerprint density at radius 1 is 1.57 bits per heavy atom. The van der Waals surface area contributed by atoms with E-state index in [9.17, 15) is 0 Å². The molecule has 0 aliphatic rings. The van der Waals surface area contributed by atoms with Crippen LogP contribution in [0.5, 0.6) is 0 Å². The Kier molecular flexibility index (Phi) is 2.62. The third-order valence-electron chi connectivity index (χ3n) is 1.80. The van der Waals surface area contributed by atoms with E-state index < -0.39 is 0 Å². The summed E-state index contributed by atoms with van der Waals surface area (Å²) in [6.07, 6.45) is 2.79. The van der Waals surface area contributed by atoms with Gasteiger partial charge >= 0.3 is 0 Å². The van der Waals surface area contributed by atoms with Crippen molar-refractivity contribution in [3.63, 3.8) is 0 Å². The largest absolute Gasteiger partial charge is 0.354 e. The van der Waals surface area contributed by atoms with Crippen LogP contribution in [-0.2, 0) is 0 Å². The third kappa shape index (κ3) is 1.70. The highest BCUT2D eigenvalue weighted by Crippen LogP contribution is 2.18. The molecule has 5 nitrogen and oxygen atoms in total. The molecule has 0 aliphatic carbocycles. The van der Waals surface area contributed by atoms with E-state index in [0.717, 1.165) is 28.6 Å². The van der Waals surface area contributed by atoms with Crippen LogP contribution in [-0.4, -0.2) is 26.7 Å². The molecule has 14 heavy (non-hydrogen) atoms. The molecule has 0 bridgehead atoms. The summed E-state index contributed by atoms with van der Waals surface area (Å²) >= 11 is 3.30. The zero-order valence-electron chi connectivity index (χ0n) is 7.71. The van der Waals surface area contributed by atoms with E-state index in [4.69, 9.17) is 0 Å². The predicted molar refractivity (Wildman–Crippen MR) is 58.2 cm³/mol. The Morgan fingerprint density at radius 2 is 2.43 bits per heavy atom. The second-order valence-electron chi connectivity index (χ2n) is 2.90. The molecule has 2 aromatic heterocycles. The summed E-state index contributed by atoms with van der Waals surface area (Å²) in [6, 6.07) is 0. The second-order valence-corrected chi connectivity index (χ2v) is 3.65. The van der Waals surface area contributed by atoms with Gasteiger partial charge in [-0.1, -0.05) is 6.92 Å². The van der Waals surface area contributed by atoms with Crippen molar-refractivity contribution in [2.24, 2.45) is 0 Å². The Morgan fingerprint density at radius 3 is 3.21 bits per heavy atom. The quantitative estimate of drug-likeness (QED) is 0.880. The maximum atomic E-state index is 4.26. The third-order valence-corrected chi connectivity index (χ3v) is 2.41. The molecule has 0 spiro atoms. The van der Waals surface area contributed by atoms with Crippen molar-refractivity contribution in [2.45, 2.75) is 13.3 Å².